The van der Waals surface area contributed by atoms with Crippen molar-refractivity contribution in [2.75, 3.05) is 40.8 Å². The van der Waals surface area contributed by atoms with Crippen LogP contribution in [-0.4, -0.2) is 67.8 Å². The number of nitrogens with two attached hydrogens (primary N) is 1. The van der Waals surface area contributed by atoms with Gasteiger partial charge in [-0.15, -0.1) is 0 Å². The van der Waals surface area contributed by atoms with E-state index in [0.29, 0.717) is 11.6 Å². The van der Waals surface area contributed by atoms with Crippen LogP contribution in [0.25, 0.3) is 0 Å². The van der Waals surface area contributed by atoms with E-state index in [2.05, 4.69) is 37.9 Å². The zero-order chi connectivity index (χ0) is 14.8. The second kappa shape index (κ2) is 6.30. The molecule has 1 saturated heterocycles. The molecule has 1 heterocycles. The lowest BCUT2D eigenvalue weighted by Crippen LogP contribution is -2.64. The molecule has 0 aromatic carbocycles. The number of nitrogens with zero attached hydrogens (tertiary/aromatic N) is 2. The molecule has 118 valence electrons. The summed E-state index contributed by atoms with van der Waals surface area (Å²) in [6, 6.07) is 0. The number of likely N-dealkylation sites (N-methyl/N-ethyl adjacent to an activating group) is 2. The van der Waals surface area contributed by atoms with E-state index in [9.17, 15) is 0 Å². The van der Waals surface area contributed by atoms with Gasteiger partial charge in [-0.25, -0.2) is 0 Å². The number of hydrogen-bond donors (Lipinski definition) is 1. The third-order valence-corrected chi connectivity index (χ3v) is 5.94. The molecule has 0 aromatic heterocycles. The van der Waals surface area contributed by atoms with E-state index in [1.54, 1.807) is 0 Å². The van der Waals surface area contributed by atoms with E-state index in [4.69, 9.17) is 10.5 Å². The lowest BCUT2D eigenvalue weighted by Gasteiger charge is -2.54. The van der Waals surface area contributed by atoms with Crippen LogP contribution in [0.3, 0.4) is 0 Å². The molecule has 2 aliphatic rings. The van der Waals surface area contributed by atoms with E-state index in [0.717, 1.165) is 39.0 Å². The van der Waals surface area contributed by atoms with Crippen molar-refractivity contribution in [2.24, 2.45) is 5.73 Å². The van der Waals surface area contributed by atoms with Crippen molar-refractivity contribution in [3.63, 3.8) is 0 Å². The average Bonchev–Trinajstić information content (AvgIpc) is 2.41. The van der Waals surface area contributed by atoms with Gasteiger partial charge in [-0.05, 0) is 59.7 Å². The van der Waals surface area contributed by atoms with Gasteiger partial charge in [0.15, 0.2) is 0 Å². The van der Waals surface area contributed by atoms with Gasteiger partial charge >= 0.3 is 0 Å². The maximum absolute atomic E-state index is 6.20. The first-order chi connectivity index (χ1) is 9.48. The van der Waals surface area contributed by atoms with Crippen molar-refractivity contribution in [3.8, 4) is 0 Å². The molecule has 1 aliphatic heterocycles. The first-order valence-electron chi connectivity index (χ1n) is 8.18. The van der Waals surface area contributed by atoms with Crippen LogP contribution in [0.1, 0.15) is 45.4 Å². The Kier molecular flexibility index (Phi) is 5.11. The summed E-state index contributed by atoms with van der Waals surface area (Å²) in [7, 11) is 6.72. The zero-order valence-corrected chi connectivity index (χ0v) is 13.8. The van der Waals surface area contributed by atoms with Gasteiger partial charge < -0.3 is 15.4 Å². The maximum atomic E-state index is 6.20. The normalized spacial score (nSPS) is 33.5. The van der Waals surface area contributed by atoms with Crippen molar-refractivity contribution in [1.82, 2.24) is 9.80 Å². The molecule has 2 rings (SSSR count). The quantitative estimate of drug-likeness (QED) is 0.805. The Hall–Kier alpha value is -0.160. The highest BCUT2D eigenvalue weighted by atomic mass is 16.5. The van der Waals surface area contributed by atoms with Crippen LogP contribution in [0.2, 0.25) is 0 Å². The van der Waals surface area contributed by atoms with E-state index in [1.807, 2.05) is 0 Å². The standard InChI is InChI=1S/C16H33N3O/c1-5-14-11-16(12-17,9-10-20-14)19(4)13-15(18(2)3)7-6-8-15/h14H,5-13,17H2,1-4H3. The first kappa shape index (κ1) is 16.2. The molecule has 0 aromatic rings. The molecule has 2 unspecified atom stereocenters. The summed E-state index contributed by atoms with van der Waals surface area (Å²) in [4.78, 5) is 4.98. The predicted molar refractivity (Wildman–Crippen MR) is 83.9 cm³/mol. The van der Waals surface area contributed by atoms with Gasteiger partial charge in [0.2, 0.25) is 0 Å². The van der Waals surface area contributed by atoms with Crippen molar-refractivity contribution in [2.45, 2.75) is 62.6 Å². The summed E-state index contributed by atoms with van der Waals surface area (Å²) in [5.74, 6) is 0. The van der Waals surface area contributed by atoms with E-state index in [-0.39, 0.29) is 5.54 Å². The highest BCUT2D eigenvalue weighted by molar-refractivity contribution is 5.03. The summed E-state index contributed by atoms with van der Waals surface area (Å²) in [6.45, 7) is 4.94. The van der Waals surface area contributed by atoms with Gasteiger partial charge in [0.1, 0.15) is 0 Å². The van der Waals surface area contributed by atoms with Crippen LogP contribution in [0.5, 0.6) is 0 Å². The SMILES string of the molecule is CCC1CC(CN)(N(C)CC2(N(C)C)CCC2)CCO1. The first-order valence-corrected chi connectivity index (χ1v) is 8.18. The number of hydrogen-bond acceptors (Lipinski definition) is 4. The Labute approximate surface area is 124 Å². The van der Waals surface area contributed by atoms with Gasteiger partial charge in [-0.3, -0.25) is 4.90 Å². The summed E-state index contributed by atoms with van der Waals surface area (Å²) in [6.07, 6.45) is 7.63. The largest absolute Gasteiger partial charge is 0.378 e. The van der Waals surface area contributed by atoms with E-state index >= 15 is 0 Å². The monoisotopic (exact) mass is 283 g/mol. The molecule has 1 aliphatic carbocycles. The molecule has 0 radical (unpaired) electrons. The molecular weight excluding hydrogens is 250 g/mol. The highest BCUT2D eigenvalue weighted by Crippen LogP contribution is 2.39. The Morgan fingerprint density at radius 1 is 1.15 bits per heavy atom. The molecule has 20 heavy (non-hydrogen) atoms. The summed E-state index contributed by atoms with van der Waals surface area (Å²) in [5, 5.41) is 0. The molecule has 1 saturated carbocycles. The van der Waals surface area contributed by atoms with Crippen LogP contribution in [-0.2, 0) is 4.74 Å². The van der Waals surface area contributed by atoms with E-state index < -0.39 is 0 Å². The van der Waals surface area contributed by atoms with Crippen molar-refractivity contribution in [1.29, 1.82) is 0 Å². The topological polar surface area (TPSA) is 41.7 Å². The smallest absolute Gasteiger partial charge is 0.0590 e. The Bertz CT molecular complexity index is 317. The summed E-state index contributed by atoms with van der Waals surface area (Å²) in [5.41, 5.74) is 6.71. The molecule has 2 N–H and O–H groups in total. The average molecular weight is 283 g/mol. The molecule has 0 spiro atoms. The Morgan fingerprint density at radius 2 is 1.85 bits per heavy atom. The van der Waals surface area contributed by atoms with Gasteiger partial charge in [-0.1, -0.05) is 6.92 Å². The van der Waals surface area contributed by atoms with Gasteiger partial charge in [-0.2, -0.15) is 0 Å². The number of rotatable bonds is 6. The second-order valence-electron chi connectivity index (χ2n) is 7.11. The molecule has 0 bridgehead atoms. The third kappa shape index (κ3) is 2.89. The second-order valence-corrected chi connectivity index (χ2v) is 7.11. The fourth-order valence-corrected chi connectivity index (χ4v) is 3.89. The number of ether oxygens (including phenoxy) is 1. The van der Waals surface area contributed by atoms with Crippen LogP contribution >= 0.6 is 0 Å². The maximum Gasteiger partial charge on any atom is 0.0590 e. The minimum atomic E-state index is 0.136. The van der Waals surface area contributed by atoms with Crippen molar-refractivity contribution < 1.29 is 4.74 Å². The third-order valence-electron chi connectivity index (χ3n) is 5.94. The molecule has 2 fully saturated rings. The lowest BCUT2D eigenvalue weighted by molar-refractivity contribution is -0.0843. The Morgan fingerprint density at radius 3 is 2.30 bits per heavy atom. The zero-order valence-electron chi connectivity index (χ0n) is 13.8. The summed E-state index contributed by atoms with van der Waals surface area (Å²) >= 11 is 0. The fraction of sp³-hybridized carbons (Fsp3) is 1.00. The van der Waals surface area contributed by atoms with Crippen molar-refractivity contribution in [3.05, 3.63) is 0 Å². The van der Waals surface area contributed by atoms with Gasteiger partial charge in [0, 0.05) is 30.8 Å². The molecule has 4 nitrogen and oxygen atoms in total. The predicted octanol–water partition coefficient (Wildman–Crippen LogP) is 1.69. The molecular formula is C16H33N3O. The van der Waals surface area contributed by atoms with E-state index in [1.165, 1.54) is 19.3 Å². The van der Waals surface area contributed by atoms with Crippen LogP contribution in [0.15, 0.2) is 0 Å². The van der Waals surface area contributed by atoms with Gasteiger partial charge in [0.25, 0.3) is 0 Å². The minimum Gasteiger partial charge on any atom is -0.378 e. The summed E-state index contributed by atoms with van der Waals surface area (Å²) < 4.78 is 5.86. The lowest BCUT2D eigenvalue weighted by atomic mass is 9.74. The van der Waals surface area contributed by atoms with Crippen LogP contribution in [0.4, 0.5) is 0 Å². The van der Waals surface area contributed by atoms with Gasteiger partial charge in [0.05, 0.1) is 6.10 Å². The molecule has 4 heteroatoms. The fourth-order valence-electron chi connectivity index (χ4n) is 3.89. The Balaban J connectivity index is 2.06. The molecule has 2 atom stereocenters. The van der Waals surface area contributed by atoms with Crippen molar-refractivity contribution >= 4 is 0 Å². The van der Waals surface area contributed by atoms with Crippen LogP contribution < -0.4 is 5.73 Å². The molecule has 0 amide bonds. The highest BCUT2D eigenvalue weighted by Gasteiger charge is 2.45. The van der Waals surface area contributed by atoms with Crippen LogP contribution in [0, 0.1) is 0 Å². The minimum absolute atomic E-state index is 0.136.